The molecule has 2 aliphatic rings. The summed E-state index contributed by atoms with van der Waals surface area (Å²) in [5, 5.41) is 38.3. The van der Waals surface area contributed by atoms with Crippen molar-refractivity contribution in [1.29, 1.82) is 10.5 Å². The predicted molar refractivity (Wildman–Crippen MR) is 139 cm³/mol. The number of piperazine rings is 1. The largest absolute Gasteiger partial charge is 0.491 e. The number of ether oxygens (including phenoxy) is 1. The van der Waals surface area contributed by atoms with Gasteiger partial charge in [-0.05, 0) is 48.2 Å². The fraction of sp³-hybridized carbons (Fsp3) is 0.357. The number of nitrogens with zero attached hydrogens (tertiary/aromatic N) is 4. The van der Waals surface area contributed by atoms with Crippen LogP contribution in [-0.2, 0) is 0 Å². The molecule has 2 aromatic rings. The molecule has 0 spiro atoms. The Morgan fingerprint density at radius 2 is 1.89 bits per heavy atom. The van der Waals surface area contributed by atoms with Crippen molar-refractivity contribution in [3.63, 3.8) is 0 Å². The molecule has 1 fully saturated rings. The normalized spacial score (nSPS) is 20.8. The molecule has 0 aromatic heterocycles. The molecule has 0 saturated carbocycles. The monoisotopic (exact) mass is 504 g/mol. The van der Waals surface area contributed by atoms with Gasteiger partial charge in [-0.25, -0.2) is 0 Å². The van der Waals surface area contributed by atoms with Crippen molar-refractivity contribution < 1.29 is 14.9 Å². The van der Waals surface area contributed by atoms with Crippen LogP contribution in [0.25, 0.3) is 0 Å². The van der Waals surface area contributed by atoms with E-state index in [9.17, 15) is 10.4 Å². The SMILES string of the molecule is N#CC1=CCC([C@H](CO)N2CCN(c3ccc(OCCO)cc3Cl)[C@H](c3ccc(C#N)cc3)C2)C=C1. The first-order valence-corrected chi connectivity index (χ1v) is 12.4. The molecule has 1 aliphatic heterocycles. The molecule has 1 unspecified atom stereocenters. The van der Waals surface area contributed by atoms with Crippen LogP contribution in [0.4, 0.5) is 5.69 Å². The number of nitriles is 2. The fourth-order valence-electron chi connectivity index (χ4n) is 4.96. The molecule has 4 rings (SSSR count). The maximum atomic E-state index is 10.3. The lowest BCUT2D eigenvalue weighted by Gasteiger charge is -2.47. The molecule has 2 aromatic carbocycles. The van der Waals surface area contributed by atoms with Crippen molar-refractivity contribution >= 4 is 17.3 Å². The summed E-state index contributed by atoms with van der Waals surface area (Å²) < 4.78 is 5.51. The van der Waals surface area contributed by atoms with Crippen LogP contribution in [0.3, 0.4) is 0 Å². The summed E-state index contributed by atoms with van der Waals surface area (Å²) in [5.41, 5.74) is 3.19. The third-order valence-corrected chi connectivity index (χ3v) is 7.14. The maximum absolute atomic E-state index is 10.3. The van der Waals surface area contributed by atoms with E-state index < -0.39 is 0 Å². The van der Waals surface area contributed by atoms with Gasteiger partial charge in [0.25, 0.3) is 0 Å². The highest BCUT2D eigenvalue weighted by molar-refractivity contribution is 6.33. The van der Waals surface area contributed by atoms with E-state index in [4.69, 9.17) is 26.7 Å². The maximum Gasteiger partial charge on any atom is 0.121 e. The molecule has 0 amide bonds. The molecule has 7 nitrogen and oxygen atoms in total. The zero-order chi connectivity index (χ0) is 25.5. The lowest BCUT2D eigenvalue weighted by molar-refractivity contribution is 0.0771. The van der Waals surface area contributed by atoms with Crippen molar-refractivity contribution in [1.82, 2.24) is 4.90 Å². The van der Waals surface area contributed by atoms with Crippen LogP contribution < -0.4 is 9.64 Å². The lowest BCUT2D eigenvalue weighted by Crippen LogP contribution is -2.55. The van der Waals surface area contributed by atoms with Crippen LogP contribution in [0.1, 0.15) is 23.6 Å². The second-order valence-corrected chi connectivity index (χ2v) is 9.31. The molecular weight excluding hydrogens is 476 g/mol. The Balaban J connectivity index is 1.61. The summed E-state index contributed by atoms with van der Waals surface area (Å²) in [6.07, 6.45) is 6.52. The molecule has 1 heterocycles. The van der Waals surface area contributed by atoms with Gasteiger partial charge in [-0.15, -0.1) is 0 Å². The van der Waals surface area contributed by atoms with E-state index in [0.717, 1.165) is 17.8 Å². The second kappa shape index (κ2) is 12.1. The first kappa shape index (κ1) is 25.8. The molecular formula is C28H29ClN4O3. The summed E-state index contributed by atoms with van der Waals surface area (Å²) in [6, 6.07) is 17.4. The van der Waals surface area contributed by atoms with Crippen LogP contribution in [0.5, 0.6) is 5.75 Å². The van der Waals surface area contributed by atoms with Gasteiger partial charge >= 0.3 is 0 Å². The van der Waals surface area contributed by atoms with Crippen molar-refractivity contribution in [2.75, 3.05) is 44.4 Å². The first-order chi connectivity index (χ1) is 17.6. The number of anilines is 1. The predicted octanol–water partition coefficient (Wildman–Crippen LogP) is 3.83. The Morgan fingerprint density at radius 3 is 2.50 bits per heavy atom. The van der Waals surface area contributed by atoms with Gasteiger partial charge in [0.1, 0.15) is 12.4 Å². The molecule has 1 saturated heterocycles. The number of halogens is 1. The number of benzene rings is 2. The Labute approximate surface area is 216 Å². The van der Waals surface area contributed by atoms with Crippen molar-refractivity contribution in [3.05, 3.63) is 82.4 Å². The van der Waals surface area contributed by atoms with Crippen molar-refractivity contribution in [3.8, 4) is 17.9 Å². The molecule has 186 valence electrons. The topological polar surface area (TPSA) is 104 Å². The summed E-state index contributed by atoms with van der Waals surface area (Å²) in [7, 11) is 0. The summed E-state index contributed by atoms with van der Waals surface area (Å²) in [6.45, 7) is 2.23. The molecule has 3 atom stereocenters. The number of aliphatic hydroxyl groups is 2. The smallest absolute Gasteiger partial charge is 0.121 e. The highest BCUT2D eigenvalue weighted by Gasteiger charge is 2.35. The van der Waals surface area contributed by atoms with Crippen LogP contribution in [0.15, 0.2) is 66.3 Å². The van der Waals surface area contributed by atoms with Crippen molar-refractivity contribution in [2.45, 2.75) is 18.5 Å². The summed E-state index contributed by atoms with van der Waals surface area (Å²) >= 11 is 6.69. The molecule has 0 bridgehead atoms. The zero-order valence-corrected chi connectivity index (χ0v) is 20.7. The Hall–Kier alpha value is -3.33. The average molecular weight is 505 g/mol. The first-order valence-electron chi connectivity index (χ1n) is 12.0. The number of rotatable bonds is 8. The third-order valence-electron chi connectivity index (χ3n) is 6.84. The standard InChI is InChI=1S/C28H29ClN4O3/c29-25-15-24(36-14-13-34)9-10-26(25)33-12-11-32(18-27(33)22-5-1-20(16-30)2-6-22)28(19-35)23-7-3-21(17-31)4-8-23/h1-7,9-10,15,23,27-28,34-35H,8,11-14,18-19H2/t23?,27-,28-/m0/s1. The Bertz CT molecular complexity index is 1200. The van der Waals surface area contributed by atoms with Gasteiger partial charge in [0.2, 0.25) is 0 Å². The third kappa shape index (κ3) is 5.73. The molecule has 2 N–H and O–H groups in total. The van der Waals surface area contributed by atoms with E-state index in [0.29, 0.717) is 41.4 Å². The van der Waals surface area contributed by atoms with Gasteiger partial charge in [0.15, 0.2) is 0 Å². The minimum absolute atomic E-state index is 0.0163. The van der Waals surface area contributed by atoms with E-state index in [2.05, 4.69) is 21.9 Å². The van der Waals surface area contributed by atoms with Gasteiger partial charge in [-0.3, -0.25) is 4.90 Å². The summed E-state index contributed by atoms with van der Waals surface area (Å²) in [5.74, 6) is 0.715. The lowest BCUT2D eigenvalue weighted by atomic mass is 9.88. The molecule has 36 heavy (non-hydrogen) atoms. The molecule has 1 aliphatic carbocycles. The highest BCUT2D eigenvalue weighted by atomic mass is 35.5. The van der Waals surface area contributed by atoms with E-state index in [1.54, 1.807) is 6.07 Å². The summed E-state index contributed by atoms with van der Waals surface area (Å²) in [4.78, 5) is 4.57. The van der Waals surface area contributed by atoms with Gasteiger partial charge in [-0.1, -0.05) is 35.9 Å². The van der Waals surface area contributed by atoms with Gasteiger partial charge in [0, 0.05) is 37.3 Å². The van der Waals surface area contributed by atoms with E-state index >= 15 is 0 Å². The van der Waals surface area contributed by atoms with Gasteiger partial charge < -0.3 is 19.8 Å². The van der Waals surface area contributed by atoms with Crippen LogP contribution in [0, 0.1) is 28.6 Å². The number of allylic oxidation sites excluding steroid dienone is 3. The highest BCUT2D eigenvalue weighted by Crippen LogP contribution is 2.38. The van der Waals surface area contributed by atoms with Crippen LogP contribution in [-0.4, -0.2) is 60.6 Å². The van der Waals surface area contributed by atoms with E-state index in [1.807, 2.05) is 54.6 Å². The van der Waals surface area contributed by atoms with E-state index in [-0.39, 0.29) is 37.8 Å². The van der Waals surface area contributed by atoms with Crippen LogP contribution in [0.2, 0.25) is 5.02 Å². The van der Waals surface area contributed by atoms with Crippen molar-refractivity contribution in [2.24, 2.45) is 5.92 Å². The number of hydrogen-bond donors (Lipinski definition) is 2. The quantitative estimate of drug-likeness (QED) is 0.563. The molecule has 8 heteroatoms. The van der Waals surface area contributed by atoms with Gasteiger partial charge in [0.05, 0.1) is 47.7 Å². The number of hydrogen-bond acceptors (Lipinski definition) is 7. The number of aliphatic hydroxyl groups excluding tert-OH is 2. The zero-order valence-electron chi connectivity index (χ0n) is 19.9. The Morgan fingerprint density at radius 1 is 1.08 bits per heavy atom. The minimum atomic E-state index is -0.0782. The minimum Gasteiger partial charge on any atom is -0.491 e. The van der Waals surface area contributed by atoms with Gasteiger partial charge in [-0.2, -0.15) is 10.5 Å². The van der Waals surface area contributed by atoms with Crippen LogP contribution >= 0.6 is 11.6 Å². The molecule has 0 radical (unpaired) electrons. The Kier molecular flexibility index (Phi) is 8.64. The fourth-order valence-corrected chi connectivity index (χ4v) is 5.24. The second-order valence-electron chi connectivity index (χ2n) is 8.90. The van der Waals surface area contributed by atoms with E-state index in [1.165, 1.54) is 0 Å². The average Bonchev–Trinajstić information content (AvgIpc) is 2.93.